The van der Waals surface area contributed by atoms with Crippen LogP contribution >= 0.6 is 0 Å². The Morgan fingerprint density at radius 2 is 2.09 bits per heavy atom. The van der Waals surface area contributed by atoms with Crippen molar-refractivity contribution in [1.82, 2.24) is 15.6 Å². The molecule has 34 heavy (non-hydrogen) atoms. The van der Waals surface area contributed by atoms with Gasteiger partial charge in [-0.05, 0) is 58.3 Å². The van der Waals surface area contributed by atoms with Crippen molar-refractivity contribution >= 4 is 22.6 Å². The number of primary amides is 1. The van der Waals surface area contributed by atoms with Gasteiger partial charge in [0, 0.05) is 23.4 Å². The molecule has 5 N–H and O–H groups in total. The van der Waals surface area contributed by atoms with Gasteiger partial charge in [-0.1, -0.05) is 11.8 Å². The zero-order chi connectivity index (χ0) is 24.3. The Morgan fingerprint density at radius 1 is 1.32 bits per heavy atom. The number of piperidine rings is 1. The van der Waals surface area contributed by atoms with Crippen molar-refractivity contribution in [3.05, 3.63) is 29.5 Å². The normalized spacial score (nSPS) is 19.4. The highest BCUT2D eigenvalue weighted by atomic mass is 16.5. The van der Waals surface area contributed by atoms with Gasteiger partial charge in [-0.3, -0.25) is 9.59 Å². The van der Waals surface area contributed by atoms with Gasteiger partial charge in [0.2, 0.25) is 11.8 Å². The molecule has 1 aromatic heterocycles. The summed E-state index contributed by atoms with van der Waals surface area (Å²) in [6.07, 6.45) is 3.61. The SMILES string of the molecule is CC(C)Oc1cc2c(OC[C@@H]3CCC(=O)N3)ncc(C#CC3(O)CCNCC3)c2cc1C(N)=O. The molecule has 2 aliphatic heterocycles. The minimum atomic E-state index is -1.08. The number of benzene rings is 1. The van der Waals surface area contributed by atoms with Crippen LogP contribution < -0.4 is 25.8 Å². The summed E-state index contributed by atoms with van der Waals surface area (Å²) < 4.78 is 11.8. The topological polar surface area (TPSA) is 136 Å². The smallest absolute Gasteiger partial charge is 0.252 e. The minimum absolute atomic E-state index is 0.00612. The fraction of sp³-hybridized carbons (Fsp3) is 0.480. The molecule has 0 spiro atoms. The predicted octanol–water partition coefficient (Wildman–Crippen LogP) is 1.24. The second kappa shape index (κ2) is 9.87. The summed E-state index contributed by atoms with van der Waals surface area (Å²) in [4.78, 5) is 28.2. The third kappa shape index (κ3) is 5.41. The van der Waals surface area contributed by atoms with Crippen LogP contribution in [0.25, 0.3) is 10.8 Å². The number of hydrogen-bond donors (Lipinski definition) is 4. The van der Waals surface area contributed by atoms with E-state index in [2.05, 4.69) is 27.5 Å². The Labute approximate surface area is 198 Å². The van der Waals surface area contributed by atoms with E-state index in [1.807, 2.05) is 13.8 Å². The highest BCUT2D eigenvalue weighted by Crippen LogP contribution is 2.34. The van der Waals surface area contributed by atoms with Crippen molar-refractivity contribution in [3.8, 4) is 23.5 Å². The summed E-state index contributed by atoms with van der Waals surface area (Å²) in [5, 5.41) is 18.1. The van der Waals surface area contributed by atoms with Gasteiger partial charge in [0.05, 0.1) is 23.3 Å². The van der Waals surface area contributed by atoms with Crippen molar-refractivity contribution in [2.75, 3.05) is 19.7 Å². The lowest BCUT2D eigenvalue weighted by atomic mass is 9.92. The number of amides is 2. The fourth-order valence-corrected chi connectivity index (χ4v) is 4.13. The van der Waals surface area contributed by atoms with Gasteiger partial charge < -0.3 is 30.9 Å². The Bertz CT molecular complexity index is 1160. The van der Waals surface area contributed by atoms with Crippen LogP contribution in [0.1, 0.15) is 55.5 Å². The molecule has 180 valence electrons. The molecule has 4 rings (SSSR count). The van der Waals surface area contributed by atoms with E-state index in [0.717, 1.165) is 0 Å². The number of aliphatic hydroxyl groups is 1. The molecular weight excluding hydrogens is 436 g/mol. The largest absolute Gasteiger partial charge is 0.490 e. The van der Waals surface area contributed by atoms with Crippen LogP contribution in [0.5, 0.6) is 11.6 Å². The van der Waals surface area contributed by atoms with E-state index in [0.29, 0.717) is 66.7 Å². The first kappa shape index (κ1) is 23.8. The zero-order valence-corrected chi connectivity index (χ0v) is 19.4. The van der Waals surface area contributed by atoms with Gasteiger partial charge in [-0.15, -0.1) is 0 Å². The molecule has 2 aliphatic rings. The van der Waals surface area contributed by atoms with Crippen LogP contribution in [0.3, 0.4) is 0 Å². The highest BCUT2D eigenvalue weighted by molar-refractivity contribution is 6.03. The van der Waals surface area contributed by atoms with Crippen molar-refractivity contribution in [3.63, 3.8) is 0 Å². The number of nitrogens with two attached hydrogens (primary N) is 1. The molecule has 0 unspecified atom stereocenters. The van der Waals surface area contributed by atoms with Crippen molar-refractivity contribution in [2.45, 2.75) is 57.3 Å². The van der Waals surface area contributed by atoms with Crippen LogP contribution in [0.15, 0.2) is 18.3 Å². The minimum Gasteiger partial charge on any atom is -0.490 e. The van der Waals surface area contributed by atoms with E-state index in [9.17, 15) is 14.7 Å². The monoisotopic (exact) mass is 466 g/mol. The number of aromatic nitrogens is 1. The summed E-state index contributed by atoms with van der Waals surface area (Å²) in [5.74, 6) is 6.11. The van der Waals surface area contributed by atoms with E-state index in [-0.39, 0.29) is 30.2 Å². The second-order valence-electron chi connectivity index (χ2n) is 9.05. The standard InChI is InChI=1S/C25H30N4O5/c1-15(2)34-21-12-19-18(11-20(21)23(26)31)16(5-6-25(32)7-9-27-10-8-25)13-28-24(19)33-14-17-3-4-22(30)29-17/h11-13,15,17,27,32H,3-4,7-10,14H2,1-2H3,(H2,26,31)(H,29,30)/t17-/m0/s1. The predicted molar refractivity (Wildman–Crippen MR) is 127 cm³/mol. The molecule has 0 radical (unpaired) electrons. The van der Waals surface area contributed by atoms with Gasteiger partial charge in [0.25, 0.3) is 5.91 Å². The first-order chi connectivity index (χ1) is 16.2. The lowest BCUT2D eigenvalue weighted by molar-refractivity contribution is -0.119. The van der Waals surface area contributed by atoms with Crippen LogP contribution in [0.4, 0.5) is 0 Å². The van der Waals surface area contributed by atoms with Crippen LogP contribution in [-0.2, 0) is 4.79 Å². The van der Waals surface area contributed by atoms with E-state index in [1.165, 1.54) is 0 Å². The van der Waals surface area contributed by atoms with Gasteiger partial charge in [-0.25, -0.2) is 4.98 Å². The number of pyridine rings is 1. The third-order valence-electron chi connectivity index (χ3n) is 5.95. The average molecular weight is 467 g/mol. The molecule has 9 nitrogen and oxygen atoms in total. The van der Waals surface area contributed by atoms with Crippen molar-refractivity contribution in [1.29, 1.82) is 0 Å². The number of nitrogens with one attached hydrogen (secondary N) is 2. The number of rotatable bonds is 6. The maximum atomic E-state index is 12.2. The van der Waals surface area contributed by atoms with Gasteiger partial charge in [0.15, 0.2) is 0 Å². The third-order valence-corrected chi connectivity index (χ3v) is 5.95. The molecular formula is C25H30N4O5. The van der Waals surface area contributed by atoms with E-state index >= 15 is 0 Å². The summed E-state index contributed by atoms with van der Waals surface area (Å²) in [6.45, 7) is 5.36. The molecule has 0 bridgehead atoms. The number of hydrogen-bond acceptors (Lipinski definition) is 7. The lowest BCUT2D eigenvalue weighted by Gasteiger charge is -2.27. The van der Waals surface area contributed by atoms with E-state index in [4.69, 9.17) is 15.2 Å². The molecule has 9 heteroatoms. The van der Waals surface area contributed by atoms with Crippen molar-refractivity contribution in [2.24, 2.45) is 5.73 Å². The fourth-order valence-electron chi connectivity index (χ4n) is 4.13. The second-order valence-corrected chi connectivity index (χ2v) is 9.05. The molecule has 2 amide bonds. The van der Waals surface area contributed by atoms with Crippen LogP contribution in [0, 0.1) is 11.8 Å². The molecule has 0 aliphatic carbocycles. The molecule has 1 atom stereocenters. The highest BCUT2D eigenvalue weighted by Gasteiger charge is 2.27. The van der Waals surface area contributed by atoms with E-state index < -0.39 is 11.5 Å². The first-order valence-electron chi connectivity index (χ1n) is 11.6. The number of carbonyl (C=O) groups excluding carboxylic acids is 2. The molecule has 2 aromatic rings. The lowest BCUT2D eigenvalue weighted by Crippen LogP contribution is -2.40. The molecule has 3 heterocycles. The number of nitrogens with zero attached hydrogens (tertiary/aromatic N) is 1. The molecule has 1 aromatic carbocycles. The van der Waals surface area contributed by atoms with Gasteiger partial charge in [-0.2, -0.15) is 0 Å². The summed E-state index contributed by atoms with van der Waals surface area (Å²) in [5.41, 5.74) is 5.33. The van der Waals surface area contributed by atoms with E-state index in [1.54, 1.807) is 18.3 Å². The Hall–Kier alpha value is -3.35. The summed E-state index contributed by atoms with van der Waals surface area (Å²) >= 11 is 0. The van der Waals surface area contributed by atoms with Gasteiger partial charge >= 0.3 is 0 Å². The number of fused-ring (bicyclic) bond motifs is 1. The van der Waals surface area contributed by atoms with Gasteiger partial charge in [0.1, 0.15) is 18.0 Å². The Morgan fingerprint density at radius 3 is 2.74 bits per heavy atom. The first-order valence-corrected chi connectivity index (χ1v) is 11.6. The van der Waals surface area contributed by atoms with Crippen molar-refractivity contribution < 1.29 is 24.2 Å². The van der Waals surface area contributed by atoms with Crippen LogP contribution in [0.2, 0.25) is 0 Å². The number of ether oxygens (including phenoxy) is 2. The Kier molecular flexibility index (Phi) is 6.91. The quantitative estimate of drug-likeness (QED) is 0.470. The molecule has 2 fully saturated rings. The Balaban J connectivity index is 1.77. The molecule has 0 saturated carbocycles. The zero-order valence-electron chi connectivity index (χ0n) is 19.4. The average Bonchev–Trinajstić information content (AvgIpc) is 3.21. The maximum absolute atomic E-state index is 12.2. The summed E-state index contributed by atoms with van der Waals surface area (Å²) in [7, 11) is 0. The summed E-state index contributed by atoms with van der Waals surface area (Å²) in [6, 6.07) is 3.24. The van der Waals surface area contributed by atoms with Crippen LogP contribution in [-0.4, -0.2) is 59.3 Å². The maximum Gasteiger partial charge on any atom is 0.252 e. The molecule has 2 saturated heterocycles. The number of carbonyl (C=O) groups is 2.